The summed E-state index contributed by atoms with van der Waals surface area (Å²) in [4.78, 5) is 63.2. The largest absolute Gasteiger partial charge is 0.503 e. The minimum absolute atomic E-state index is 0.0229. The number of phenolic OH excluding ortho intramolecular Hbond substituents is 1. The highest BCUT2D eigenvalue weighted by molar-refractivity contribution is 6.33. The molecule has 2 aliphatic heterocycles. The molecular weight excluding hydrogens is 760 g/mol. The van der Waals surface area contributed by atoms with Crippen LogP contribution in [0.4, 0.5) is 19.0 Å². The first kappa shape index (κ1) is 37.0. The number of aromatic hydroxyl groups is 1. The normalized spacial score (nSPS) is 27.1. The van der Waals surface area contributed by atoms with Gasteiger partial charge in [0.2, 0.25) is 11.8 Å². The quantitative estimate of drug-likeness (QED) is 0.200. The number of halogens is 6. The van der Waals surface area contributed by atoms with E-state index in [0.29, 0.717) is 39.0 Å². The molecule has 0 radical (unpaired) electrons. The highest BCUT2D eigenvalue weighted by Gasteiger charge is 2.70. The van der Waals surface area contributed by atoms with E-state index in [1.807, 2.05) is 6.08 Å². The van der Waals surface area contributed by atoms with Crippen LogP contribution in [0.2, 0.25) is 15.1 Å². The number of pyridine rings is 1. The number of alkyl halides is 3. The molecule has 2 aromatic carbocycles. The molecule has 1 aromatic heterocycles. The number of hydrogen-bond acceptors (Lipinski definition) is 8. The highest BCUT2D eigenvalue weighted by atomic mass is 35.5. The molecule has 4 aliphatic rings. The maximum absolute atomic E-state index is 15.3. The minimum atomic E-state index is -4.76. The summed E-state index contributed by atoms with van der Waals surface area (Å²) in [7, 11) is 1.32. The summed E-state index contributed by atoms with van der Waals surface area (Å²) in [5.74, 6) is -7.61. The van der Waals surface area contributed by atoms with Crippen LogP contribution in [0, 0.1) is 23.7 Å². The van der Waals surface area contributed by atoms with Gasteiger partial charge in [0, 0.05) is 22.7 Å². The molecule has 3 aromatic rings. The van der Waals surface area contributed by atoms with Crippen molar-refractivity contribution in [2.75, 3.05) is 12.5 Å². The predicted molar refractivity (Wildman–Crippen MR) is 188 cm³/mol. The Kier molecular flexibility index (Phi) is 8.82. The summed E-state index contributed by atoms with van der Waals surface area (Å²) in [6.07, 6.45) is -2.27. The lowest BCUT2D eigenvalue weighted by molar-refractivity contribution is -0.146. The summed E-state index contributed by atoms with van der Waals surface area (Å²) >= 11 is 19.1. The molecule has 1 saturated carbocycles. The number of hydrogen-bond donors (Lipinski definition) is 2. The first-order chi connectivity index (χ1) is 24.8. The van der Waals surface area contributed by atoms with Gasteiger partial charge in [0.25, 0.3) is 11.8 Å². The van der Waals surface area contributed by atoms with E-state index in [4.69, 9.17) is 39.5 Å². The van der Waals surface area contributed by atoms with Crippen molar-refractivity contribution in [3.05, 3.63) is 92.1 Å². The fraction of sp³-hybridized carbons (Fsp3) is 0.378. The van der Waals surface area contributed by atoms with Crippen molar-refractivity contribution < 1.29 is 42.2 Å². The molecule has 2 saturated heterocycles. The number of allylic oxidation sites excluding steroid dienone is 2. The SMILES string of the molecule is COc1cc(C2C3=CCC4C(=O)N(C(C)(C)C)C(=O)C4C3CC3C(=O)N(Nc4ncc(C(F)(F)F)cc4Cl)C(=O)C32c2ccc(Cl)cc2)cc(Cl)c1O. The summed E-state index contributed by atoms with van der Waals surface area (Å²) in [6, 6.07) is 9.92. The van der Waals surface area contributed by atoms with E-state index >= 15 is 4.79 Å². The number of nitrogens with one attached hydrogen (secondary N) is 1. The Hall–Kier alpha value is -4.33. The molecular formula is C37H32Cl3F3N4O6. The van der Waals surface area contributed by atoms with Crippen molar-refractivity contribution >= 4 is 64.2 Å². The lowest BCUT2D eigenvalue weighted by Gasteiger charge is -2.50. The zero-order valence-corrected chi connectivity index (χ0v) is 30.9. The lowest BCUT2D eigenvalue weighted by Crippen LogP contribution is -2.53. The van der Waals surface area contributed by atoms with Crippen LogP contribution in [0.15, 0.2) is 60.3 Å². The van der Waals surface area contributed by atoms with Gasteiger partial charge in [0.15, 0.2) is 17.3 Å². The zero-order chi connectivity index (χ0) is 38.5. The lowest BCUT2D eigenvalue weighted by atomic mass is 9.49. The molecule has 278 valence electrons. The second-order valence-corrected chi connectivity index (χ2v) is 15.9. The molecule has 6 atom stereocenters. The summed E-state index contributed by atoms with van der Waals surface area (Å²) in [6.45, 7) is 5.28. The van der Waals surface area contributed by atoms with Gasteiger partial charge in [-0.15, -0.1) is 0 Å². The van der Waals surface area contributed by atoms with Crippen molar-refractivity contribution in [1.29, 1.82) is 0 Å². The number of fused-ring (bicyclic) bond motifs is 4. The van der Waals surface area contributed by atoms with Crippen LogP contribution in [0.5, 0.6) is 11.5 Å². The van der Waals surface area contributed by atoms with Gasteiger partial charge in [-0.05, 0) is 81.0 Å². The van der Waals surface area contributed by atoms with E-state index in [2.05, 4.69) is 10.4 Å². The van der Waals surface area contributed by atoms with Crippen LogP contribution in [0.1, 0.15) is 56.2 Å². The summed E-state index contributed by atoms with van der Waals surface area (Å²) in [5, 5.41) is 11.2. The number of nitrogens with zero attached hydrogens (tertiary/aromatic N) is 3. The number of benzene rings is 2. The number of methoxy groups -OCH3 is 1. The van der Waals surface area contributed by atoms with E-state index in [0.717, 1.165) is 0 Å². The maximum atomic E-state index is 15.3. The highest BCUT2D eigenvalue weighted by Crippen LogP contribution is 2.65. The molecule has 2 aliphatic carbocycles. The zero-order valence-electron chi connectivity index (χ0n) is 28.6. The van der Waals surface area contributed by atoms with Gasteiger partial charge >= 0.3 is 6.18 Å². The second kappa shape index (κ2) is 12.6. The maximum Gasteiger partial charge on any atom is 0.417 e. The van der Waals surface area contributed by atoms with Gasteiger partial charge in [0.05, 0.1) is 45.9 Å². The van der Waals surface area contributed by atoms with Crippen molar-refractivity contribution in [2.45, 2.75) is 56.7 Å². The van der Waals surface area contributed by atoms with E-state index < -0.39 is 75.0 Å². The van der Waals surface area contributed by atoms with Crippen LogP contribution in [-0.4, -0.2) is 56.3 Å². The third-order valence-corrected chi connectivity index (χ3v) is 11.7. The molecule has 0 spiro atoms. The molecule has 3 heterocycles. The number of imide groups is 2. The number of carbonyl (C=O) groups is 4. The number of ether oxygens (including phenoxy) is 1. The van der Waals surface area contributed by atoms with Crippen LogP contribution in [0.25, 0.3) is 0 Å². The second-order valence-electron chi connectivity index (χ2n) is 14.7. The number of hydrazine groups is 1. The number of aromatic nitrogens is 1. The van der Waals surface area contributed by atoms with E-state index in [1.54, 1.807) is 45.0 Å². The van der Waals surface area contributed by atoms with Crippen molar-refractivity contribution in [3.8, 4) is 11.5 Å². The molecule has 4 amide bonds. The number of likely N-dealkylation sites (tertiary alicyclic amines) is 1. The van der Waals surface area contributed by atoms with Gasteiger partial charge in [-0.1, -0.05) is 58.6 Å². The van der Waals surface area contributed by atoms with Gasteiger partial charge in [0.1, 0.15) is 0 Å². The third-order valence-electron chi connectivity index (χ3n) is 10.8. The smallest absolute Gasteiger partial charge is 0.417 e. The Bertz CT molecular complexity index is 2120. The van der Waals surface area contributed by atoms with Crippen LogP contribution in [0.3, 0.4) is 0 Å². The monoisotopic (exact) mass is 790 g/mol. The van der Waals surface area contributed by atoms with Gasteiger partial charge in [-0.2, -0.15) is 18.2 Å². The van der Waals surface area contributed by atoms with Crippen molar-refractivity contribution in [2.24, 2.45) is 23.7 Å². The molecule has 3 fully saturated rings. The van der Waals surface area contributed by atoms with Gasteiger partial charge in [-0.25, -0.2) is 4.98 Å². The van der Waals surface area contributed by atoms with E-state index in [1.165, 1.54) is 24.1 Å². The molecule has 16 heteroatoms. The molecule has 2 N–H and O–H groups in total. The van der Waals surface area contributed by atoms with E-state index in [-0.39, 0.29) is 41.1 Å². The Balaban J connectivity index is 1.47. The molecule has 7 rings (SSSR count). The molecule has 6 unspecified atom stereocenters. The fourth-order valence-electron chi connectivity index (χ4n) is 8.73. The first-order valence-electron chi connectivity index (χ1n) is 16.6. The Morgan fingerprint density at radius 3 is 2.23 bits per heavy atom. The first-order valence-corrected chi connectivity index (χ1v) is 17.7. The topological polar surface area (TPSA) is 129 Å². The Morgan fingerprint density at radius 1 is 0.943 bits per heavy atom. The molecule has 53 heavy (non-hydrogen) atoms. The van der Waals surface area contributed by atoms with Crippen LogP contribution >= 0.6 is 34.8 Å². The number of anilines is 1. The number of phenols is 1. The van der Waals surface area contributed by atoms with Crippen molar-refractivity contribution in [3.63, 3.8) is 0 Å². The number of amides is 4. The van der Waals surface area contributed by atoms with Crippen molar-refractivity contribution in [1.82, 2.24) is 14.9 Å². The Labute approximate surface area is 316 Å². The van der Waals surface area contributed by atoms with Gasteiger partial charge < -0.3 is 9.84 Å². The van der Waals surface area contributed by atoms with E-state index in [9.17, 15) is 32.7 Å². The molecule has 10 nitrogen and oxygen atoms in total. The third kappa shape index (κ3) is 5.56. The summed E-state index contributed by atoms with van der Waals surface area (Å²) in [5.41, 5.74) is 0.157. The standard InChI is InChI=1S/C37H32Cl3F3N4O6/c1-35(2,3)46-31(49)21-10-9-20-22(27(21)33(46)51)14-23-32(50)47(45-30-25(40)13-18(15-44-30)37(41,42)43)34(52)36(23,17-5-7-19(38)8-6-17)28(20)16-11-24(39)29(48)26(12-16)53-4/h5-9,11-13,15,21-23,27-28,48H,10,14H2,1-4H3,(H,44,45). The average molecular weight is 792 g/mol. The number of rotatable bonds is 5. The number of carbonyl (C=O) groups excluding carboxylic acids is 4. The molecule has 0 bridgehead atoms. The van der Waals surface area contributed by atoms with Crippen LogP contribution in [-0.2, 0) is 30.8 Å². The van der Waals surface area contributed by atoms with Gasteiger partial charge in [-0.3, -0.25) is 29.5 Å². The predicted octanol–water partition coefficient (Wildman–Crippen LogP) is 7.56. The fourth-order valence-corrected chi connectivity index (χ4v) is 9.29. The Morgan fingerprint density at radius 2 is 1.62 bits per heavy atom. The minimum Gasteiger partial charge on any atom is -0.503 e. The average Bonchev–Trinajstić information content (AvgIpc) is 3.47. The van der Waals surface area contributed by atoms with Crippen LogP contribution < -0.4 is 10.2 Å². The summed E-state index contributed by atoms with van der Waals surface area (Å²) < 4.78 is 45.8.